The van der Waals surface area contributed by atoms with E-state index in [9.17, 15) is 9.59 Å². The third-order valence-corrected chi connectivity index (χ3v) is 10.5. The Morgan fingerprint density at radius 1 is 0.894 bits per heavy atom. The number of halogens is 1. The van der Waals surface area contributed by atoms with E-state index < -0.39 is 6.04 Å². The SMILES string of the molecule is CC(C)C[C@H](NC(=O)c1cc2ccccc2s1)C(=O)N[C@H]1CCN(Cc2ccc(OC3CCN(Cc4ccccc4)CC3)c(Cl)c2)C1. The van der Waals surface area contributed by atoms with E-state index in [1.54, 1.807) is 0 Å². The molecule has 6 rings (SSSR count). The fraction of sp³-hybridized carbons (Fsp3) is 0.421. The Morgan fingerprint density at radius 3 is 2.36 bits per heavy atom. The summed E-state index contributed by atoms with van der Waals surface area (Å²) in [5.74, 6) is 0.698. The average molecular weight is 673 g/mol. The van der Waals surface area contributed by atoms with Crippen LogP contribution in [0.4, 0.5) is 0 Å². The zero-order valence-corrected chi connectivity index (χ0v) is 28.9. The summed E-state index contributed by atoms with van der Waals surface area (Å²) >= 11 is 8.16. The van der Waals surface area contributed by atoms with Gasteiger partial charge in [-0.25, -0.2) is 0 Å². The first-order valence-corrected chi connectivity index (χ1v) is 18.0. The van der Waals surface area contributed by atoms with Gasteiger partial charge in [-0.2, -0.15) is 0 Å². The zero-order valence-electron chi connectivity index (χ0n) is 27.3. The number of hydrogen-bond donors (Lipinski definition) is 2. The van der Waals surface area contributed by atoms with Crippen LogP contribution in [0.3, 0.4) is 0 Å². The van der Waals surface area contributed by atoms with Crippen molar-refractivity contribution in [3.05, 3.63) is 99.9 Å². The summed E-state index contributed by atoms with van der Waals surface area (Å²) in [5, 5.41) is 7.93. The highest BCUT2D eigenvalue weighted by molar-refractivity contribution is 7.20. The van der Waals surface area contributed by atoms with Crippen molar-refractivity contribution in [2.24, 2.45) is 5.92 Å². The number of ether oxygens (including phenoxy) is 1. The van der Waals surface area contributed by atoms with Gasteiger partial charge in [-0.15, -0.1) is 11.3 Å². The molecule has 3 heterocycles. The molecule has 2 aliphatic rings. The summed E-state index contributed by atoms with van der Waals surface area (Å²) in [5.41, 5.74) is 2.47. The van der Waals surface area contributed by atoms with E-state index in [2.05, 4.69) is 70.7 Å². The Labute approximate surface area is 287 Å². The van der Waals surface area contributed by atoms with Crippen molar-refractivity contribution >= 4 is 44.8 Å². The first-order chi connectivity index (χ1) is 22.8. The second kappa shape index (κ2) is 15.6. The molecular weight excluding hydrogens is 628 g/mol. The number of fused-ring (bicyclic) bond motifs is 1. The van der Waals surface area contributed by atoms with Gasteiger partial charge in [0.05, 0.1) is 9.90 Å². The minimum absolute atomic E-state index is 0.0317. The van der Waals surface area contributed by atoms with Crippen molar-refractivity contribution in [1.29, 1.82) is 0 Å². The van der Waals surface area contributed by atoms with Crippen LogP contribution in [-0.4, -0.2) is 66.0 Å². The molecule has 2 aliphatic heterocycles. The second-order valence-corrected chi connectivity index (χ2v) is 14.9. The van der Waals surface area contributed by atoms with E-state index in [1.807, 2.05) is 42.5 Å². The molecule has 0 spiro atoms. The molecule has 4 aromatic rings. The molecule has 2 fully saturated rings. The molecule has 3 aromatic carbocycles. The van der Waals surface area contributed by atoms with E-state index in [4.69, 9.17) is 16.3 Å². The second-order valence-electron chi connectivity index (χ2n) is 13.4. The van der Waals surface area contributed by atoms with Crippen LogP contribution < -0.4 is 15.4 Å². The molecule has 2 amide bonds. The summed E-state index contributed by atoms with van der Waals surface area (Å²) in [6, 6.07) is 26.0. The minimum atomic E-state index is -0.579. The minimum Gasteiger partial charge on any atom is -0.489 e. The maximum atomic E-state index is 13.4. The van der Waals surface area contributed by atoms with Gasteiger partial charge in [0.15, 0.2) is 0 Å². The molecule has 0 radical (unpaired) electrons. The van der Waals surface area contributed by atoms with Crippen molar-refractivity contribution in [2.75, 3.05) is 26.2 Å². The molecule has 7 nitrogen and oxygen atoms in total. The lowest BCUT2D eigenvalue weighted by molar-refractivity contribution is -0.124. The highest BCUT2D eigenvalue weighted by Gasteiger charge is 2.29. The van der Waals surface area contributed by atoms with Gasteiger partial charge in [0.25, 0.3) is 5.91 Å². The number of nitrogens with one attached hydrogen (secondary N) is 2. The summed E-state index contributed by atoms with van der Waals surface area (Å²) in [6.45, 7) is 9.53. The van der Waals surface area contributed by atoms with Crippen LogP contribution in [0.1, 0.15) is 60.3 Å². The molecule has 2 saturated heterocycles. The van der Waals surface area contributed by atoms with Crippen molar-refractivity contribution in [3.8, 4) is 5.75 Å². The molecule has 0 aliphatic carbocycles. The van der Waals surface area contributed by atoms with E-state index >= 15 is 0 Å². The van der Waals surface area contributed by atoms with Crippen LogP contribution in [-0.2, 0) is 17.9 Å². The fourth-order valence-corrected chi connectivity index (χ4v) is 7.84. The van der Waals surface area contributed by atoms with Crippen LogP contribution in [0.5, 0.6) is 5.75 Å². The Morgan fingerprint density at radius 2 is 1.62 bits per heavy atom. The molecule has 2 N–H and O–H groups in total. The molecule has 47 heavy (non-hydrogen) atoms. The van der Waals surface area contributed by atoms with Gasteiger partial charge >= 0.3 is 0 Å². The van der Waals surface area contributed by atoms with Crippen molar-refractivity contribution in [2.45, 2.75) is 70.8 Å². The fourth-order valence-electron chi connectivity index (χ4n) is 6.62. The van der Waals surface area contributed by atoms with Gasteiger partial charge in [-0.1, -0.05) is 80.0 Å². The number of thiophene rings is 1. The molecule has 9 heteroatoms. The highest BCUT2D eigenvalue weighted by Crippen LogP contribution is 2.30. The third kappa shape index (κ3) is 9.14. The third-order valence-electron chi connectivity index (χ3n) is 9.08. The molecule has 248 valence electrons. The number of benzene rings is 3. The average Bonchev–Trinajstić information content (AvgIpc) is 3.70. The summed E-state index contributed by atoms with van der Waals surface area (Å²) < 4.78 is 7.40. The normalized spacial score (nSPS) is 18.4. The van der Waals surface area contributed by atoms with E-state index in [0.29, 0.717) is 16.3 Å². The number of carbonyl (C=O) groups excluding carboxylic acids is 2. The van der Waals surface area contributed by atoms with Gasteiger partial charge in [0.2, 0.25) is 5.91 Å². The Hall–Kier alpha value is -3.43. The Bertz CT molecular complexity index is 1620. The van der Waals surface area contributed by atoms with Crippen LogP contribution in [0.15, 0.2) is 78.9 Å². The van der Waals surface area contributed by atoms with E-state index in [-0.39, 0.29) is 29.9 Å². The van der Waals surface area contributed by atoms with Gasteiger partial charge in [0.1, 0.15) is 17.9 Å². The van der Waals surface area contributed by atoms with Gasteiger partial charge < -0.3 is 15.4 Å². The first kappa shape index (κ1) is 33.5. The highest BCUT2D eigenvalue weighted by atomic mass is 35.5. The van der Waals surface area contributed by atoms with Crippen molar-refractivity contribution in [3.63, 3.8) is 0 Å². The molecular formula is C38H45ClN4O3S. The van der Waals surface area contributed by atoms with Crippen LogP contribution in [0.2, 0.25) is 5.02 Å². The lowest BCUT2D eigenvalue weighted by Crippen LogP contribution is -2.50. The van der Waals surface area contributed by atoms with Crippen LogP contribution in [0.25, 0.3) is 10.1 Å². The number of hydrogen-bond acceptors (Lipinski definition) is 6. The van der Waals surface area contributed by atoms with Crippen molar-refractivity contribution in [1.82, 2.24) is 20.4 Å². The topological polar surface area (TPSA) is 73.9 Å². The summed E-state index contributed by atoms with van der Waals surface area (Å²) in [6.07, 6.45) is 3.58. The maximum absolute atomic E-state index is 13.4. The molecule has 0 saturated carbocycles. The molecule has 1 aromatic heterocycles. The standard InChI is InChI=1S/C38H45ClN4O3S/c1-26(2)20-33(41-38(45)36-22-29-10-6-7-11-35(29)47-36)37(44)40-30-14-17-43(25-30)24-28-12-13-34(32(39)21-28)46-31-15-18-42(19-16-31)23-27-8-4-3-5-9-27/h3-13,21-22,26,30-31,33H,14-20,23-25H2,1-2H3,(H,40,44)(H,41,45)/t30-,33-/m0/s1. The maximum Gasteiger partial charge on any atom is 0.262 e. The molecule has 2 atom stereocenters. The van der Waals surface area contributed by atoms with Crippen molar-refractivity contribution < 1.29 is 14.3 Å². The summed E-state index contributed by atoms with van der Waals surface area (Å²) in [7, 11) is 0. The Balaban J connectivity index is 0.966. The molecule has 0 unspecified atom stereocenters. The number of likely N-dealkylation sites (tertiary alicyclic amines) is 2. The van der Waals surface area contributed by atoms with Gasteiger partial charge in [-0.3, -0.25) is 19.4 Å². The number of piperidine rings is 1. The smallest absolute Gasteiger partial charge is 0.262 e. The zero-order chi connectivity index (χ0) is 32.8. The number of nitrogens with zero attached hydrogens (tertiary/aromatic N) is 2. The predicted octanol–water partition coefficient (Wildman–Crippen LogP) is 7.13. The number of rotatable bonds is 12. The Kier molecular flexibility index (Phi) is 11.1. The van der Waals surface area contributed by atoms with E-state index in [1.165, 1.54) is 16.9 Å². The van der Waals surface area contributed by atoms with E-state index in [0.717, 1.165) is 79.9 Å². The number of amides is 2. The monoisotopic (exact) mass is 672 g/mol. The lowest BCUT2D eigenvalue weighted by atomic mass is 10.0. The van der Waals surface area contributed by atoms with Crippen LogP contribution in [0, 0.1) is 5.92 Å². The largest absolute Gasteiger partial charge is 0.489 e. The molecule has 0 bridgehead atoms. The first-order valence-electron chi connectivity index (χ1n) is 16.8. The predicted molar refractivity (Wildman–Crippen MR) is 191 cm³/mol. The summed E-state index contributed by atoms with van der Waals surface area (Å²) in [4.78, 5) is 32.0. The quantitative estimate of drug-likeness (QED) is 0.168. The number of carbonyl (C=O) groups is 2. The van der Waals surface area contributed by atoms with Crippen LogP contribution >= 0.6 is 22.9 Å². The van der Waals surface area contributed by atoms with Gasteiger partial charge in [-0.05, 0) is 72.4 Å². The lowest BCUT2D eigenvalue weighted by Gasteiger charge is -2.32. The van der Waals surface area contributed by atoms with Gasteiger partial charge in [0, 0.05) is 50.0 Å².